The summed E-state index contributed by atoms with van der Waals surface area (Å²) in [6, 6.07) is 15.7. The van der Waals surface area contributed by atoms with E-state index in [9.17, 15) is 26.7 Å². The second-order valence-electron chi connectivity index (χ2n) is 10.00. The van der Waals surface area contributed by atoms with Gasteiger partial charge in [0.25, 0.3) is 0 Å². The molecular weight excluding hydrogens is 583 g/mol. The molecule has 12 heteroatoms. The lowest BCUT2D eigenvalue weighted by Gasteiger charge is -2.15. The maximum absolute atomic E-state index is 12.7. The molecule has 2 aromatic heterocycles. The summed E-state index contributed by atoms with van der Waals surface area (Å²) in [7, 11) is -3.63. The van der Waals surface area contributed by atoms with Gasteiger partial charge < -0.3 is 18.8 Å². The zero-order valence-electron chi connectivity index (χ0n) is 23.7. The van der Waals surface area contributed by atoms with Crippen LogP contribution >= 0.6 is 0 Å². The molecular formula is C31H28F3N3O5S. The Morgan fingerprint density at radius 3 is 2.19 bits per heavy atom. The number of alkyl halides is 3. The largest absolute Gasteiger partial charge is 0.573 e. The lowest BCUT2D eigenvalue weighted by atomic mass is 9.97. The van der Waals surface area contributed by atoms with Gasteiger partial charge >= 0.3 is 6.36 Å². The number of imidazole rings is 1. The van der Waals surface area contributed by atoms with Gasteiger partial charge in [-0.25, -0.2) is 18.4 Å². The Morgan fingerprint density at radius 2 is 1.60 bits per heavy atom. The van der Waals surface area contributed by atoms with Gasteiger partial charge in [-0.1, -0.05) is 25.1 Å². The Balaban J connectivity index is 1.73. The molecule has 0 aliphatic rings. The van der Waals surface area contributed by atoms with Crippen LogP contribution in [0.5, 0.6) is 5.75 Å². The lowest BCUT2D eigenvalue weighted by Crippen LogP contribution is -2.16. The number of ether oxygens (including phenoxy) is 1. The van der Waals surface area contributed by atoms with E-state index in [0.717, 1.165) is 11.9 Å². The molecule has 0 amide bonds. The fourth-order valence-corrected chi connectivity index (χ4v) is 5.84. The molecule has 8 nitrogen and oxygen atoms in total. The van der Waals surface area contributed by atoms with Crippen LogP contribution in [0.25, 0.3) is 39.4 Å². The number of aliphatic hydroxyl groups is 1. The molecule has 3 aromatic carbocycles. The van der Waals surface area contributed by atoms with Gasteiger partial charge in [-0.05, 0) is 73.0 Å². The van der Waals surface area contributed by atoms with Crippen molar-refractivity contribution in [2.24, 2.45) is 0 Å². The Kier molecular flexibility index (Phi) is 7.93. The van der Waals surface area contributed by atoms with Gasteiger partial charge in [-0.3, -0.25) is 0 Å². The maximum atomic E-state index is 12.7. The molecule has 0 aliphatic carbocycles. The summed E-state index contributed by atoms with van der Waals surface area (Å²) >= 11 is 0. The standard InChI is InChI=1S/C31H28F3N3O5S/c1-5-28-36-29(30(41-28)20-8-11-24(12-9-20)42-31(32,33)34)25-14-21(10-13-26(25)37-16-18(2)35-19(37)3)22-6-7-23(17-38)27(15-22)43(4,39)40/h6-16,38H,5,17H2,1-4H3. The first kappa shape index (κ1) is 30.1. The number of aryl methyl sites for hydroxylation is 3. The van der Waals surface area contributed by atoms with Crippen molar-refractivity contribution in [3.05, 3.63) is 89.8 Å². The third kappa shape index (κ3) is 6.35. The minimum atomic E-state index is -4.82. The van der Waals surface area contributed by atoms with Crippen LogP contribution in [-0.2, 0) is 22.9 Å². The molecule has 0 saturated heterocycles. The van der Waals surface area contributed by atoms with Crippen LogP contribution < -0.4 is 4.74 Å². The summed E-state index contributed by atoms with van der Waals surface area (Å²) in [5, 5.41) is 9.71. The number of aliphatic hydroxyl groups excluding tert-OH is 1. The van der Waals surface area contributed by atoms with Gasteiger partial charge in [0.1, 0.15) is 17.3 Å². The van der Waals surface area contributed by atoms with Crippen molar-refractivity contribution >= 4 is 9.84 Å². The second-order valence-corrected chi connectivity index (χ2v) is 12.0. The summed E-state index contributed by atoms with van der Waals surface area (Å²) < 4.78 is 75.2. The summed E-state index contributed by atoms with van der Waals surface area (Å²) in [5.74, 6) is 1.11. The van der Waals surface area contributed by atoms with Crippen molar-refractivity contribution in [3.8, 4) is 45.1 Å². The van der Waals surface area contributed by atoms with E-state index in [0.29, 0.717) is 57.5 Å². The van der Waals surface area contributed by atoms with Crippen molar-refractivity contribution in [1.29, 1.82) is 0 Å². The van der Waals surface area contributed by atoms with Gasteiger partial charge in [-0.2, -0.15) is 0 Å². The SMILES string of the molecule is CCc1nc(-c2cc(-c3ccc(CO)c(S(C)(=O)=O)c3)ccc2-n2cc(C)nc2C)c(-c2ccc(OC(F)(F)F)cc2)o1. The Hall–Kier alpha value is -4.42. The number of aromatic nitrogens is 3. The van der Waals surface area contributed by atoms with Gasteiger partial charge in [0.15, 0.2) is 21.5 Å². The number of oxazole rings is 1. The second kappa shape index (κ2) is 11.3. The first-order chi connectivity index (χ1) is 20.3. The maximum Gasteiger partial charge on any atom is 0.573 e. The molecule has 224 valence electrons. The molecule has 0 bridgehead atoms. The van der Waals surface area contributed by atoms with E-state index in [4.69, 9.17) is 9.40 Å². The molecule has 0 radical (unpaired) electrons. The fraction of sp³-hybridized carbons (Fsp3) is 0.226. The third-order valence-corrected chi connectivity index (χ3v) is 7.99. The van der Waals surface area contributed by atoms with Gasteiger partial charge in [0.2, 0.25) is 0 Å². The van der Waals surface area contributed by atoms with E-state index in [-0.39, 0.29) is 16.2 Å². The van der Waals surface area contributed by atoms with Crippen LogP contribution in [-0.4, -0.2) is 40.7 Å². The smallest absolute Gasteiger partial charge is 0.440 e. The number of hydrogen-bond acceptors (Lipinski definition) is 7. The van der Waals surface area contributed by atoms with Crippen molar-refractivity contribution in [1.82, 2.24) is 14.5 Å². The van der Waals surface area contributed by atoms with Gasteiger partial charge in [0, 0.05) is 30.0 Å². The third-order valence-electron chi connectivity index (χ3n) is 6.81. The first-order valence-corrected chi connectivity index (χ1v) is 15.1. The molecule has 5 rings (SSSR count). The minimum Gasteiger partial charge on any atom is -0.440 e. The van der Waals surface area contributed by atoms with Gasteiger partial charge in [0.05, 0.1) is 22.9 Å². The van der Waals surface area contributed by atoms with Crippen LogP contribution in [0.4, 0.5) is 13.2 Å². The number of rotatable bonds is 8. The molecule has 0 saturated carbocycles. The number of halogens is 3. The van der Waals surface area contributed by atoms with E-state index in [2.05, 4.69) is 9.72 Å². The quantitative estimate of drug-likeness (QED) is 0.205. The van der Waals surface area contributed by atoms with Crippen molar-refractivity contribution in [2.75, 3.05) is 6.26 Å². The van der Waals surface area contributed by atoms with Crippen LogP contribution in [0.3, 0.4) is 0 Å². The highest BCUT2D eigenvalue weighted by Gasteiger charge is 2.31. The highest BCUT2D eigenvalue weighted by molar-refractivity contribution is 7.90. The molecule has 0 aliphatic heterocycles. The average Bonchev–Trinajstić information content (AvgIpc) is 3.53. The Labute approximate surface area is 246 Å². The van der Waals surface area contributed by atoms with E-state index in [1.165, 1.54) is 30.3 Å². The normalized spacial score (nSPS) is 12.1. The first-order valence-electron chi connectivity index (χ1n) is 13.2. The predicted octanol–water partition coefficient (Wildman–Crippen LogP) is 6.83. The average molecular weight is 612 g/mol. The lowest BCUT2D eigenvalue weighted by molar-refractivity contribution is -0.274. The fourth-order valence-electron chi connectivity index (χ4n) is 4.89. The molecule has 0 atom stereocenters. The zero-order chi connectivity index (χ0) is 31.1. The topological polar surface area (TPSA) is 107 Å². The van der Waals surface area contributed by atoms with E-state index in [1.807, 2.05) is 49.7 Å². The molecule has 43 heavy (non-hydrogen) atoms. The van der Waals surface area contributed by atoms with E-state index < -0.39 is 22.8 Å². The highest BCUT2D eigenvalue weighted by Crippen LogP contribution is 2.40. The predicted molar refractivity (Wildman–Crippen MR) is 155 cm³/mol. The van der Waals surface area contributed by atoms with E-state index in [1.54, 1.807) is 12.1 Å². The number of benzene rings is 3. The molecule has 1 N–H and O–H groups in total. The zero-order valence-corrected chi connectivity index (χ0v) is 24.5. The molecule has 0 unspecified atom stereocenters. The Morgan fingerprint density at radius 1 is 0.953 bits per heavy atom. The number of nitrogens with zero attached hydrogens (tertiary/aromatic N) is 3. The minimum absolute atomic E-state index is 0.0239. The van der Waals surface area contributed by atoms with E-state index >= 15 is 0 Å². The summed E-state index contributed by atoms with van der Waals surface area (Å²) in [4.78, 5) is 9.31. The van der Waals surface area contributed by atoms with Crippen molar-refractivity contribution < 1.29 is 35.8 Å². The number of sulfone groups is 1. The Bertz CT molecular complexity index is 1910. The number of hydrogen-bond donors (Lipinski definition) is 1. The van der Waals surface area contributed by atoms with Crippen LogP contribution in [0.15, 0.2) is 76.2 Å². The summed E-state index contributed by atoms with van der Waals surface area (Å²) in [5.41, 5.74) is 4.61. The molecule has 0 spiro atoms. The summed E-state index contributed by atoms with van der Waals surface area (Å²) in [6.07, 6.45) is -1.41. The van der Waals surface area contributed by atoms with Crippen molar-refractivity contribution in [2.45, 2.75) is 45.1 Å². The van der Waals surface area contributed by atoms with Crippen LogP contribution in [0, 0.1) is 13.8 Å². The van der Waals surface area contributed by atoms with Crippen molar-refractivity contribution in [3.63, 3.8) is 0 Å². The van der Waals surface area contributed by atoms with Crippen LogP contribution in [0.1, 0.15) is 29.9 Å². The molecule has 5 aromatic rings. The summed E-state index contributed by atoms with van der Waals surface area (Å²) in [6.45, 7) is 5.17. The monoisotopic (exact) mass is 611 g/mol. The van der Waals surface area contributed by atoms with Gasteiger partial charge in [-0.15, -0.1) is 13.2 Å². The molecule has 2 heterocycles. The van der Waals surface area contributed by atoms with Crippen LogP contribution in [0.2, 0.25) is 0 Å². The highest BCUT2D eigenvalue weighted by atomic mass is 32.2. The molecule has 0 fully saturated rings.